The summed E-state index contributed by atoms with van der Waals surface area (Å²) in [5.74, 6) is 0. The van der Waals surface area contributed by atoms with Crippen LogP contribution in [0.1, 0.15) is 19.3 Å². The molecular formula is C5H8ClSi. The molecule has 0 aromatic rings. The number of rotatable bonds is 0. The summed E-state index contributed by atoms with van der Waals surface area (Å²) in [6, 6.07) is 0. The monoisotopic (exact) mass is 131 g/mol. The first-order valence-corrected chi connectivity index (χ1v) is 3.65. The van der Waals surface area contributed by atoms with Gasteiger partial charge in [-0.25, -0.2) is 0 Å². The smallest absolute Gasteiger partial charge is 0.0335 e. The van der Waals surface area contributed by atoms with Gasteiger partial charge in [-0.2, -0.15) is 0 Å². The lowest BCUT2D eigenvalue weighted by atomic mass is 10.4. The van der Waals surface area contributed by atoms with Crippen molar-refractivity contribution < 1.29 is 0 Å². The van der Waals surface area contributed by atoms with Crippen molar-refractivity contribution in [2.75, 3.05) is 0 Å². The van der Waals surface area contributed by atoms with Crippen LogP contribution >= 0.6 is 11.6 Å². The molecule has 2 atom stereocenters. The standard InChI is InChI=1S/C5H8ClSi/c6-4-1-2-5(7)3-4/h4-5H,1-3H2. The molecule has 2 heteroatoms. The second kappa shape index (κ2) is 2.18. The minimum absolute atomic E-state index is 0.447. The number of hydrogen-bond donors (Lipinski definition) is 0. The predicted octanol–water partition coefficient (Wildman–Crippen LogP) is 1.73. The van der Waals surface area contributed by atoms with E-state index in [2.05, 4.69) is 10.2 Å². The van der Waals surface area contributed by atoms with E-state index in [1.54, 1.807) is 0 Å². The summed E-state index contributed by atoms with van der Waals surface area (Å²) < 4.78 is 0. The van der Waals surface area contributed by atoms with Gasteiger partial charge in [0.1, 0.15) is 0 Å². The minimum atomic E-state index is 0.447. The van der Waals surface area contributed by atoms with Crippen LogP contribution in [0.2, 0.25) is 5.54 Å². The maximum atomic E-state index is 5.78. The average Bonchev–Trinajstić information content (AvgIpc) is 1.87. The molecule has 0 N–H and O–H groups in total. The third kappa shape index (κ3) is 1.46. The maximum Gasteiger partial charge on any atom is 0.0335 e. The molecule has 3 radical (unpaired) electrons. The molecule has 0 aromatic carbocycles. The van der Waals surface area contributed by atoms with E-state index in [-0.39, 0.29) is 0 Å². The summed E-state index contributed by atoms with van der Waals surface area (Å²) in [7, 11) is 3.54. The highest BCUT2D eigenvalue weighted by Gasteiger charge is 2.17. The minimum Gasteiger partial charge on any atom is -0.123 e. The van der Waals surface area contributed by atoms with Gasteiger partial charge in [0.15, 0.2) is 0 Å². The van der Waals surface area contributed by atoms with Gasteiger partial charge in [0.25, 0.3) is 0 Å². The van der Waals surface area contributed by atoms with Crippen molar-refractivity contribution >= 4 is 21.8 Å². The van der Waals surface area contributed by atoms with E-state index in [1.807, 2.05) is 0 Å². The lowest BCUT2D eigenvalue weighted by Crippen LogP contribution is -1.87. The summed E-state index contributed by atoms with van der Waals surface area (Å²) in [5.41, 5.74) is 0.697. The van der Waals surface area contributed by atoms with Gasteiger partial charge in [0.05, 0.1) is 0 Å². The summed E-state index contributed by atoms with van der Waals surface area (Å²) >= 11 is 5.78. The molecule has 7 heavy (non-hydrogen) atoms. The molecule has 0 spiro atoms. The SMILES string of the molecule is [Si]C1CCC(Cl)C1. The second-order valence-electron chi connectivity index (χ2n) is 2.11. The normalized spacial score (nSPS) is 42.0. The van der Waals surface area contributed by atoms with E-state index in [9.17, 15) is 0 Å². The van der Waals surface area contributed by atoms with Crippen LogP contribution in [-0.4, -0.2) is 15.6 Å². The van der Waals surface area contributed by atoms with Gasteiger partial charge in [-0.1, -0.05) is 12.0 Å². The lowest BCUT2D eigenvalue weighted by Gasteiger charge is -1.94. The molecule has 0 amide bonds. The lowest BCUT2D eigenvalue weighted by molar-refractivity contribution is 0.880. The largest absolute Gasteiger partial charge is 0.123 e. The van der Waals surface area contributed by atoms with Crippen LogP contribution in [0.15, 0.2) is 0 Å². The van der Waals surface area contributed by atoms with E-state index < -0.39 is 0 Å². The van der Waals surface area contributed by atoms with Crippen LogP contribution in [0.5, 0.6) is 0 Å². The molecule has 1 aliphatic rings. The van der Waals surface area contributed by atoms with E-state index >= 15 is 0 Å². The Labute approximate surface area is 52.7 Å². The number of alkyl halides is 1. The highest BCUT2D eigenvalue weighted by atomic mass is 35.5. The predicted molar refractivity (Wildman–Crippen MR) is 33.0 cm³/mol. The maximum absolute atomic E-state index is 5.78. The third-order valence-corrected chi connectivity index (χ3v) is 2.29. The Kier molecular flexibility index (Phi) is 1.76. The van der Waals surface area contributed by atoms with Crippen LogP contribution in [0.4, 0.5) is 0 Å². The van der Waals surface area contributed by atoms with Crippen molar-refractivity contribution in [1.82, 2.24) is 0 Å². The first kappa shape index (κ1) is 5.64. The number of hydrogen-bond acceptors (Lipinski definition) is 0. The van der Waals surface area contributed by atoms with Gasteiger partial charge >= 0.3 is 0 Å². The fourth-order valence-corrected chi connectivity index (χ4v) is 1.87. The van der Waals surface area contributed by atoms with Crippen molar-refractivity contribution in [2.45, 2.75) is 30.2 Å². The van der Waals surface area contributed by atoms with Crippen LogP contribution in [-0.2, 0) is 0 Å². The molecule has 0 aromatic heterocycles. The zero-order valence-corrected chi connectivity index (χ0v) is 5.91. The molecule has 1 fully saturated rings. The Balaban J connectivity index is 2.26. The zero-order chi connectivity index (χ0) is 5.28. The molecule has 1 rings (SSSR count). The topological polar surface area (TPSA) is 0 Å². The Morgan fingerprint density at radius 3 is 2.29 bits per heavy atom. The highest BCUT2D eigenvalue weighted by Crippen LogP contribution is 2.30. The fourth-order valence-electron chi connectivity index (χ4n) is 0.926. The summed E-state index contributed by atoms with van der Waals surface area (Å²) in [6.07, 6.45) is 3.60. The molecule has 0 nitrogen and oxygen atoms in total. The zero-order valence-electron chi connectivity index (χ0n) is 4.15. The van der Waals surface area contributed by atoms with Crippen LogP contribution in [0.25, 0.3) is 0 Å². The Morgan fingerprint density at radius 1 is 1.43 bits per heavy atom. The molecule has 0 saturated heterocycles. The third-order valence-electron chi connectivity index (χ3n) is 1.37. The first-order valence-electron chi connectivity index (χ1n) is 2.64. The highest BCUT2D eigenvalue weighted by molar-refractivity contribution is 6.22. The summed E-state index contributed by atoms with van der Waals surface area (Å²) in [6.45, 7) is 0. The van der Waals surface area contributed by atoms with Crippen molar-refractivity contribution in [3.63, 3.8) is 0 Å². The van der Waals surface area contributed by atoms with Gasteiger partial charge in [-0.3, -0.25) is 0 Å². The molecule has 1 saturated carbocycles. The Morgan fingerprint density at radius 2 is 2.14 bits per heavy atom. The van der Waals surface area contributed by atoms with Crippen LogP contribution in [0, 0.1) is 0 Å². The van der Waals surface area contributed by atoms with E-state index in [1.165, 1.54) is 12.8 Å². The second-order valence-corrected chi connectivity index (χ2v) is 3.54. The molecule has 2 unspecified atom stereocenters. The molecule has 0 aliphatic heterocycles. The Bertz CT molecular complexity index is 57.1. The van der Waals surface area contributed by atoms with E-state index in [0.29, 0.717) is 10.9 Å². The van der Waals surface area contributed by atoms with E-state index in [0.717, 1.165) is 6.42 Å². The Hall–Kier alpha value is 0.507. The van der Waals surface area contributed by atoms with Crippen LogP contribution in [0.3, 0.4) is 0 Å². The fraction of sp³-hybridized carbons (Fsp3) is 1.00. The molecule has 0 bridgehead atoms. The van der Waals surface area contributed by atoms with Crippen molar-refractivity contribution in [2.24, 2.45) is 0 Å². The van der Waals surface area contributed by atoms with E-state index in [4.69, 9.17) is 11.6 Å². The van der Waals surface area contributed by atoms with Gasteiger partial charge in [0, 0.05) is 15.6 Å². The quantitative estimate of drug-likeness (QED) is 0.347. The summed E-state index contributed by atoms with van der Waals surface area (Å²) in [4.78, 5) is 0. The average molecular weight is 132 g/mol. The first-order chi connectivity index (χ1) is 3.29. The van der Waals surface area contributed by atoms with Crippen LogP contribution < -0.4 is 0 Å². The summed E-state index contributed by atoms with van der Waals surface area (Å²) in [5, 5.41) is 0.447. The van der Waals surface area contributed by atoms with Crippen molar-refractivity contribution in [1.29, 1.82) is 0 Å². The van der Waals surface area contributed by atoms with Crippen molar-refractivity contribution in [3.8, 4) is 0 Å². The molecular weight excluding hydrogens is 124 g/mol. The van der Waals surface area contributed by atoms with Crippen molar-refractivity contribution in [3.05, 3.63) is 0 Å². The van der Waals surface area contributed by atoms with Gasteiger partial charge in [-0.05, 0) is 12.8 Å². The van der Waals surface area contributed by atoms with Gasteiger partial charge in [0.2, 0.25) is 0 Å². The molecule has 39 valence electrons. The van der Waals surface area contributed by atoms with Gasteiger partial charge in [-0.15, -0.1) is 11.6 Å². The molecule has 0 heterocycles. The molecule has 1 aliphatic carbocycles. The number of halogens is 1. The van der Waals surface area contributed by atoms with Gasteiger partial charge < -0.3 is 0 Å².